The Morgan fingerprint density at radius 3 is 2.26 bits per heavy atom. The van der Waals surface area contributed by atoms with Crippen LogP contribution < -0.4 is 19.8 Å². The molecular formula is C26H26O8. The van der Waals surface area contributed by atoms with Crippen molar-refractivity contribution in [2.24, 2.45) is 0 Å². The molecule has 0 saturated carbocycles. The molecule has 34 heavy (non-hydrogen) atoms. The number of methoxy groups -OCH3 is 3. The maximum atomic E-state index is 12.8. The highest BCUT2D eigenvalue weighted by atomic mass is 16.5. The van der Waals surface area contributed by atoms with Crippen LogP contribution in [0.15, 0.2) is 51.7 Å². The van der Waals surface area contributed by atoms with Gasteiger partial charge in [-0.2, -0.15) is 0 Å². The highest BCUT2D eigenvalue weighted by Crippen LogP contribution is 2.38. The van der Waals surface area contributed by atoms with Gasteiger partial charge in [0.1, 0.15) is 11.1 Å². The molecule has 0 bridgehead atoms. The largest absolute Gasteiger partial charge is 0.493 e. The summed E-state index contributed by atoms with van der Waals surface area (Å²) in [5.74, 6) is 0.122. The van der Waals surface area contributed by atoms with Crippen molar-refractivity contribution in [2.75, 3.05) is 21.3 Å². The number of benzene rings is 2. The van der Waals surface area contributed by atoms with Crippen LogP contribution in [0.2, 0.25) is 0 Å². The first kappa shape index (κ1) is 24.6. The second-order valence-corrected chi connectivity index (χ2v) is 7.48. The molecule has 0 N–H and O–H groups in total. The summed E-state index contributed by atoms with van der Waals surface area (Å²) in [4.78, 5) is 37.3. The third kappa shape index (κ3) is 5.28. The second kappa shape index (κ2) is 10.7. The van der Waals surface area contributed by atoms with E-state index in [2.05, 4.69) is 0 Å². The maximum absolute atomic E-state index is 12.8. The minimum absolute atomic E-state index is 0.178. The first-order valence-corrected chi connectivity index (χ1v) is 10.6. The van der Waals surface area contributed by atoms with Crippen LogP contribution in [0.4, 0.5) is 0 Å². The number of carbonyl (C=O) groups excluding carboxylic acids is 2. The van der Waals surface area contributed by atoms with E-state index in [1.165, 1.54) is 33.5 Å². The zero-order valence-electron chi connectivity index (χ0n) is 19.7. The smallest absolute Gasteiger partial charge is 0.351 e. The van der Waals surface area contributed by atoms with E-state index in [4.69, 9.17) is 23.4 Å². The number of ketones is 1. The van der Waals surface area contributed by atoms with Crippen LogP contribution in [0.25, 0.3) is 17.0 Å². The van der Waals surface area contributed by atoms with Gasteiger partial charge in [-0.1, -0.05) is 19.1 Å². The van der Waals surface area contributed by atoms with Gasteiger partial charge in [0.25, 0.3) is 0 Å². The molecule has 0 saturated heterocycles. The predicted molar refractivity (Wildman–Crippen MR) is 127 cm³/mol. The van der Waals surface area contributed by atoms with Crippen molar-refractivity contribution in [1.82, 2.24) is 0 Å². The third-order valence-corrected chi connectivity index (χ3v) is 5.24. The number of ether oxygens (including phenoxy) is 4. The predicted octanol–water partition coefficient (Wildman–Crippen LogP) is 4.67. The Balaban J connectivity index is 1.90. The highest BCUT2D eigenvalue weighted by molar-refractivity contribution is 6.07. The maximum Gasteiger partial charge on any atom is 0.351 e. The molecule has 1 heterocycles. The van der Waals surface area contributed by atoms with E-state index in [1.807, 2.05) is 6.92 Å². The summed E-state index contributed by atoms with van der Waals surface area (Å²) >= 11 is 0. The number of fused-ring (bicyclic) bond motifs is 1. The first-order chi connectivity index (χ1) is 16.3. The van der Waals surface area contributed by atoms with Gasteiger partial charge in [-0.25, -0.2) is 9.59 Å². The molecule has 0 aliphatic carbocycles. The first-order valence-electron chi connectivity index (χ1n) is 10.6. The van der Waals surface area contributed by atoms with Crippen molar-refractivity contribution < 1.29 is 33.0 Å². The van der Waals surface area contributed by atoms with Crippen molar-refractivity contribution in [3.8, 4) is 17.2 Å². The van der Waals surface area contributed by atoms with Gasteiger partial charge in [0.15, 0.2) is 17.3 Å². The summed E-state index contributed by atoms with van der Waals surface area (Å²) in [6.45, 7) is 3.62. The number of carbonyl (C=O) groups is 2. The second-order valence-electron chi connectivity index (χ2n) is 7.48. The average molecular weight is 466 g/mol. The van der Waals surface area contributed by atoms with Crippen LogP contribution in [0, 0.1) is 0 Å². The van der Waals surface area contributed by atoms with E-state index in [1.54, 1.807) is 43.3 Å². The molecule has 8 heteroatoms. The number of hydrogen-bond donors (Lipinski definition) is 0. The molecule has 0 spiro atoms. The van der Waals surface area contributed by atoms with Gasteiger partial charge in [-0.15, -0.1) is 0 Å². The van der Waals surface area contributed by atoms with Crippen molar-refractivity contribution in [1.29, 1.82) is 0 Å². The molecule has 178 valence electrons. The van der Waals surface area contributed by atoms with Gasteiger partial charge < -0.3 is 23.4 Å². The normalized spacial score (nSPS) is 11.9. The average Bonchev–Trinajstić information content (AvgIpc) is 2.85. The van der Waals surface area contributed by atoms with E-state index >= 15 is 0 Å². The van der Waals surface area contributed by atoms with E-state index in [-0.39, 0.29) is 17.5 Å². The molecule has 0 amide bonds. The molecule has 1 aromatic heterocycles. The third-order valence-electron chi connectivity index (χ3n) is 5.24. The van der Waals surface area contributed by atoms with E-state index in [9.17, 15) is 14.4 Å². The van der Waals surface area contributed by atoms with Crippen molar-refractivity contribution >= 4 is 28.8 Å². The van der Waals surface area contributed by atoms with Gasteiger partial charge in [-0.05, 0) is 55.3 Å². The molecule has 3 rings (SSSR count). The molecule has 1 atom stereocenters. The summed E-state index contributed by atoms with van der Waals surface area (Å²) < 4.78 is 26.4. The Hall–Kier alpha value is -4.07. The zero-order chi connectivity index (χ0) is 24.8. The Labute approximate surface area is 196 Å². The van der Waals surface area contributed by atoms with Crippen LogP contribution in [0.1, 0.15) is 46.5 Å². The Kier molecular flexibility index (Phi) is 7.73. The molecule has 2 aromatic carbocycles. The highest BCUT2D eigenvalue weighted by Gasteiger charge is 2.18. The van der Waals surface area contributed by atoms with Crippen LogP contribution in [-0.2, 0) is 4.74 Å². The van der Waals surface area contributed by atoms with Gasteiger partial charge in [0.2, 0.25) is 5.75 Å². The fourth-order valence-electron chi connectivity index (χ4n) is 3.21. The van der Waals surface area contributed by atoms with Crippen LogP contribution >= 0.6 is 0 Å². The summed E-state index contributed by atoms with van der Waals surface area (Å²) in [7, 11) is 4.43. The summed E-state index contributed by atoms with van der Waals surface area (Å²) in [5.41, 5.74) is 0.401. The molecule has 0 fully saturated rings. The van der Waals surface area contributed by atoms with Gasteiger partial charge in [-0.3, -0.25) is 4.79 Å². The van der Waals surface area contributed by atoms with Crippen molar-refractivity contribution in [3.63, 3.8) is 0 Å². The minimum atomic E-state index is -0.762. The number of hydrogen-bond acceptors (Lipinski definition) is 8. The van der Waals surface area contributed by atoms with Gasteiger partial charge in [0.05, 0.1) is 27.4 Å². The number of allylic oxidation sites excluding steroid dienone is 1. The lowest BCUT2D eigenvalue weighted by Gasteiger charge is -2.13. The monoisotopic (exact) mass is 466 g/mol. The lowest BCUT2D eigenvalue weighted by atomic mass is 10.1. The Bertz CT molecular complexity index is 1280. The SMILES string of the molecule is CCC(C)OC(=O)c1cc2cc(C=CC(=O)c3cc(OC)c(OC)c(OC)c3)ccc2oc1=O. The fraction of sp³-hybridized carbons (Fsp3) is 0.269. The summed E-state index contributed by atoms with van der Waals surface area (Å²) in [6.07, 6.45) is 3.32. The van der Waals surface area contributed by atoms with Crippen LogP contribution in [0.5, 0.6) is 17.2 Å². The lowest BCUT2D eigenvalue weighted by molar-refractivity contribution is 0.0330. The van der Waals surface area contributed by atoms with Crippen LogP contribution in [-0.4, -0.2) is 39.2 Å². The van der Waals surface area contributed by atoms with E-state index in [0.29, 0.717) is 45.8 Å². The summed E-state index contributed by atoms with van der Waals surface area (Å²) in [6, 6.07) is 9.57. The minimum Gasteiger partial charge on any atom is -0.493 e. The molecular weight excluding hydrogens is 440 g/mol. The zero-order valence-corrected chi connectivity index (χ0v) is 19.7. The Morgan fingerprint density at radius 1 is 1.00 bits per heavy atom. The molecule has 0 aliphatic heterocycles. The molecule has 8 nitrogen and oxygen atoms in total. The molecule has 3 aromatic rings. The fourth-order valence-corrected chi connectivity index (χ4v) is 3.21. The van der Waals surface area contributed by atoms with Gasteiger partial charge in [0, 0.05) is 10.9 Å². The van der Waals surface area contributed by atoms with Crippen LogP contribution in [0.3, 0.4) is 0 Å². The number of esters is 1. The molecule has 0 aliphatic rings. The molecule has 0 radical (unpaired) electrons. The van der Waals surface area contributed by atoms with Crippen molar-refractivity contribution in [3.05, 3.63) is 69.6 Å². The van der Waals surface area contributed by atoms with E-state index < -0.39 is 11.6 Å². The molecule has 1 unspecified atom stereocenters. The van der Waals surface area contributed by atoms with E-state index in [0.717, 1.165) is 0 Å². The lowest BCUT2D eigenvalue weighted by Crippen LogP contribution is -2.20. The summed E-state index contributed by atoms with van der Waals surface area (Å²) in [5, 5.41) is 0.526. The quantitative estimate of drug-likeness (QED) is 0.194. The standard InChI is InChI=1S/C26H26O8/c1-6-15(2)33-25(28)19-12-18-11-16(8-10-21(18)34-26(19)29)7-9-20(27)17-13-22(30-3)24(32-5)23(14-17)31-4/h7-15H,6H2,1-5H3. The number of rotatable bonds is 9. The Morgan fingerprint density at radius 2 is 1.68 bits per heavy atom. The van der Waals surface area contributed by atoms with Gasteiger partial charge >= 0.3 is 11.6 Å². The van der Waals surface area contributed by atoms with Crippen molar-refractivity contribution in [2.45, 2.75) is 26.4 Å². The topological polar surface area (TPSA) is 101 Å².